The van der Waals surface area contributed by atoms with Gasteiger partial charge in [-0.3, -0.25) is 4.79 Å². The molecule has 1 fully saturated rings. The Morgan fingerprint density at radius 1 is 1.67 bits per heavy atom. The van der Waals surface area contributed by atoms with Crippen LogP contribution in [0.4, 0.5) is 0 Å². The van der Waals surface area contributed by atoms with Crippen LogP contribution in [0.15, 0.2) is 0 Å². The van der Waals surface area contributed by atoms with Crippen LogP contribution in [-0.2, 0) is 9.53 Å². The van der Waals surface area contributed by atoms with Gasteiger partial charge in [-0.15, -0.1) is 0 Å². The van der Waals surface area contributed by atoms with Gasteiger partial charge in [0.05, 0.1) is 0 Å². The van der Waals surface area contributed by atoms with Crippen LogP contribution < -0.4 is 5.32 Å². The molecule has 4 heteroatoms. The lowest BCUT2D eigenvalue weighted by molar-refractivity contribution is -0.131. The summed E-state index contributed by atoms with van der Waals surface area (Å²) in [5, 5.41) is 3.94. The SMILES string of the molecule is CC(CCBr)CNC(=O)C1OCCC1C. The van der Waals surface area contributed by atoms with E-state index in [1.54, 1.807) is 0 Å². The number of carbonyl (C=O) groups excluding carboxylic acids is 1. The zero-order valence-electron chi connectivity index (χ0n) is 9.46. The van der Waals surface area contributed by atoms with Crippen LogP contribution in [0.5, 0.6) is 0 Å². The summed E-state index contributed by atoms with van der Waals surface area (Å²) in [5.74, 6) is 0.933. The summed E-state index contributed by atoms with van der Waals surface area (Å²) in [6.45, 7) is 5.67. The average molecular weight is 278 g/mol. The van der Waals surface area contributed by atoms with Crippen molar-refractivity contribution in [1.29, 1.82) is 0 Å². The molecular formula is C11H20BrNO2. The normalized spacial score (nSPS) is 27.7. The summed E-state index contributed by atoms with van der Waals surface area (Å²) < 4.78 is 5.40. The smallest absolute Gasteiger partial charge is 0.249 e. The van der Waals surface area contributed by atoms with E-state index in [0.717, 1.165) is 31.3 Å². The van der Waals surface area contributed by atoms with E-state index in [4.69, 9.17) is 4.74 Å². The zero-order valence-corrected chi connectivity index (χ0v) is 11.0. The molecule has 0 radical (unpaired) electrons. The number of ether oxygens (including phenoxy) is 1. The molecule has 1 rings (SSSR count). The van der Waals surface area contributed by atoms with Gasteiger partial charge in [-0.25, -0.2) is 0 Å². The number of halogens is 1. The van der Waals surface area contributed by atoms with Crippen LogP contribution in [0.3, 0.4) is 0 Å². The Bertz CT molecular complexity index is 211. The molecule has 0 aromatic carbocycles. The van der Waals surface area contributed by atoms with Crippen LogP contribution in [0.1, 0.15) is 26.7 Å². The maximum absolute atomic E-state index is 11.7. The molecular weight excluding hydrogens is 258 g/mol. The molecule has 0 saturated carbocycles. The summed E-state index contributed by atoms with van der Waals surface area (Å²) in [5.41, 5.74) is 0. The molecule has 3 atom stereocenters. The Balaban J connectivity index is 2.23. The van der Waals surface area contributed by atoms with Crippen LogP contribution in [0.25, 0.3) is 0 Å². The Kier molecular flexibility index (Phi) is 5.61. The molecule has 3 nitrogen and oxygen atoms in total. The standard InChI is InChI=1S/C11H20BrNO2/c1-8(3-5-12)7-13-11(14)10-9(2)4-6-15-10/h8-10H,3-7H2,1-2H3,(H,13,14). The van der Waals surface area contributed by atoms with E-state index in [1.165, 1.54) is 0 Å². The van der Waals surface area contributed by atoms with Crippen molar-refractivity contribution in [3.8, 4) is 0 Å². The fourth-order valence-electron chi connectivity index (χ4n) is 1.69. The number of amides is 1. The average Bonchev–Trinajstić information content (AvgIpc) is 2.61. The Hall–Kier alpha value is -0.0900. The van der Waals surface area contributed by atoms with Crippen molar-refractivity contribution < 1.29 is 9.53 Å². The Labute approximate surface area is 100 Å². The number of hydrogen-bond donors (Lipinski definition) is 1. The van der Waals surface area contributed by atoms with E-state index in [2.05, 4.69) is 35.1 Å². The minimum Gasteiger partial charge on any atom is -0.368 e. The quantitative estimate of drug-likeness (QED) is 0.781. The number of rotatable bonds is 5. The predicted octanol–water partition coefficient (Wildman–Crippen LogP) is 1.95. The molecule has 1 aliphatic rings. The molecule has 15 heavy (non-hydrogen) atoms. The molecule has 1 saturated heterocycles. The third kappa shape index (κ3) is 4.11. The third-order valence-corrected chi connectivity index (χ3v) is 3.33. The molecule has 0 spiro atoms. The highest BCUT2D eigenvalue weighted by molar-refractivity contribution is 9.09. The van der Waals surface area contributed by atoms with Gasteiger partial charge in [0.15, 0.2) is 0 Å². The van der Waals surface area contributed by atoms with Crippen molar-refractivity contribution >= 4 is 21.8 Å². The largest absolute Gasteiger partial charge is 0.368 e. The third-order valence-electron chi connectivity index (χ3n) is 2.87. The fraction of sp³-hybridized carbons (Fsp3) is 0.909. The van der Waals surface area contributed by atoms with Gasteiger partial charge in [0.2, 0.25) is 5.91 Å². The first-order valence-corrected chi connectivity index (χ1v) is 6.72. The van der Waals surface area contributed by atoms with Crippen LogP contribution in [0, 0.1) is 11.8 Å². The molecule has 0 aliphatic carbocycles. The summed E-state index contributed by atoms with van der Waals surface area (Å²) in [7, 11) is 0. The molecule has 0 aromatic rings. The van der Waals surface area contributed by atoms with Crippen molar-refractivity contribution in [3.63, 3.8) is 0 Å². The highest BCUT2D eigenvalue weighted by Gasteiger charge is 2.30. The molecule has 0 aromatic heterocycles. The maximum atomic E-state index is 11.7. The number of nitrogens with one attached hydrogen (secondary N) is 1. The first kappa shape index (κ1) is 13.0. The zero-order chi connectivity index (χ0) is 11.3. The van der Waals surface area contributed by atoms with Crippen molar-refractivity contribution in [2.24, 2.45) is 11.8 Å². The van der Waals surface area contributed by atoms with Crippen molar-refractivity contribution in [2.75, 3.05) is 18.5 Å². The molecule has 1 heterocycles. The number of alkyl halides is 1. The lowest BCUT2D eigenvalue weighted by Gasteiger charge is -2.16. The van der Waals surface area contributed by atoms with E-state index in [1.807, 2.05) is 0 Å². The summed E-state index contributed by atoms with van der Waals surface area (Å²) in [6, 6.07) is 0. The summed E-state index contributed by atoms with van der Waals surface area (Å²) >= 11 is 3.40. The van der Waals surface area contributed by atoms with Crippen LogP contribution >= 0.6 is 15.9 Å². The van der Waals surface area contributed by atoms with Gasteiger partial charge >= 0.3 is 0 Å². The second-order valence-electron chi connectivity index (χ2n) is 4.39. The highest BCUT2D eigenvalue weighted by atomic mass is 79.9. The predicted molar refractivity (Wildman–Crippen MR) is 64.1 cm³/mol. The van der Waals surface area contributed by atoms with Gasteiger partial charge in [-0.1, -0.05) is 29.8 Å². The lowest BCUT2D eigenvalue weighted by Crippen LogP contribution is -2.39. The Morgan fingerprint density at radius 3 is 2.93 bits per heavy atom. The van der Waals surface area contributed by atoms with Gasteiger partial charge in [-0.2, -0.15) is 0 Å². The van der Waals surface area contributed by atoms with Gasteiger partial charge in [0, 0.05) is 18.5 Å². The van der Waals surface area contributed by atoms with Gasteiger partial charge < -0.3 is 10.1 Å². The first-order chi connectivity index (χ1) is 7.15. The topological polar surface area (TPSA) is 38.3 Å². The monoisotopic (exact) mass is 277 g/mol. The molecule has 1 amide bonds. The molecule has 0 bridgehead atoms. The molecule has 1 aliphatic heterocycles. The number of hydrogen-bond acceptors (Lipinski definition) is 2. The second-order valence-corrected chi connectivity index (χ2v) is 5.18. The van der Waals surface area contributed by atoms with E-state index in [0.29, 0.717) is 11.8 Å². The van der Waals surface area contributed by atoms with Crippen molar-refractivity contribution in [2.45, 2.75) is 32.8 Å². The summed E-state index contributed by atoms with van der Waals surface area (Å²) in [4.78, 5) is 11.7. The van der Waals surface area contributed by atoms with E-state index >= 15 is 0 Å². The minimum atomic E-state index is -0.221. The van der Waals surface area contributed by atoms with Gasteiger partial charge in [-0.05, 0) is 24.7 Å². The number of carbonyl (C=O) groups is 1. The second kappa shape index (κ2) is 6.48. The summed E-state index contributed by atoms with van der Waals surface area (Å²) in [6.07, 6.45) is 1.86. The van der Waals surface area contributed by atoms with Gasteiger partial charge in [0.1, 0.15) is 6.10 Å². The van der Waals surface area contributed by atoms with Crippen molar-refractivity contribution in [1.82, 2.24) is 5.32 Å². The lowest BCUT2D eigenvalue weighted by atomic mass is 10.0. The van der Waals surface area contributed by atoms with E-state index in [-0.39, 0.29) is 12.0 Å². The van der Waals surface area contributed by atoms with Gasteiger partial charge in [0.25, 0.3) is 0 Å². The molecule has 3 unspecified atom stereocenters. The van der Waals surface area contributed by atoms with Crippen molar-refractivity contribution in [3.05, 3.63) is 0 Å². The first-order valence-electron chi connectivity index (χ1n) is 5.60. The van der Waals surface area contributed by atoms with E-state index in [9.17, 15) is 4.79 Å². The minimum absolute atomic E-state index is 0.0569. The fourth-order valence-corrected chi connectivity index (χ4v) is 2.48. The Morgan fingerprint density at radius 2 is 2.40 bits per heavy atom. The van der Waals surface area contributed by atoms with Crippen LogP contribution in [0.2, 0.25) is 0 Å². The maximum Gasteiger partial charge on any atom is 0.249 e. The molecule has 1 N–H and O–H groups in total. The highest BCUT2D eigenvalue weighted by Crippen LogP contribution is 2.20. The van der Waals surface area contributed by atoms with E-state index < -0.39 is 0 Å². The molecule has 88 valence electrons. The van der Waals surface area contributed by atoms with Crippen LogP contribution in [-0.4, -0.2) is 30.5 Å².